The van der Waals surface area contributed by atoms with Crippen LogP contribution in [0.3, 0.4) is 0 Å². The molecule has 2 nitrogen and oxygen atoms in total. The van der Waals surface area contributed by atoms with Crippen molar-refractivity contribution in [3.05, 3.63) is 60.2 Å². The van der Waals surface area contributed by atoms with E-state index in [-0.39, 0.29) is 11.5 Å². The van der Waals surface area contributed by atoms with Gasteiger partial charge in [-0.3, -0.25) is 0 Å². The van der Waals surface area contributed by atoms with Crippen molar-refractivity contribution in [3.63, 3.8) is 0 Å². The van der Waals surface area contributed by atoms with Crippen LogP contribution in [0.25, 0.3) is 0 Å². The van der Waals surface area contributed by atoms with Gasteiger partial charge in [0.05, 0.1) is 19.8 Å². The van der Waals surface area contributed by atoms with Gasteiger partial charge in [-0.1, -0.05) is 56.3 Å². The summed E-state index contributed by atoms with van der Waals surface area (Å²) in [6.07, 6.45) is 4.07. The van der Waals surface area contributed by atoms with Crippen molar-refractivity contribution in [2.24, 2.45) is 5.41 Å². The van der Waals surface area contributed by atoms with E-state index in [4.69, 9.17) is 9.47 Å². The highest BCUT2D eigenvalue weighted by molar-refractivity contribution is 5.39. The number of rotatable bonds is 8. The predicted octanol–water partition coefficient (Wildman–Crippen LogP) is 3.74. The van der Waals surface area contributed by atoms with Crippen LogP contribution in [0.2, 0.25) is 0 Å². The van der Waals surface area contributed by atoms with E-state index in [9.17, 15) is 0 Å². The lowest BCUT2D eigenvalue weighted by molar-refractivity contribution is 0.00631. The van der Waals surface area contributed by atoms with Gasteiger partial charge in [-0.25, -0.2) is 0 Å². The minimum absolute atomic E-state index is 0.0525. The zero-order chi connectivity index (χ0) is 13.7. The predicted molar refractivity (Wildman–Crippen MR) is 77.9 cm³/mol. The maximum atomic E-state index is 5.78. The molecule has 1 aromatic rings. The molecule has 0 spiro atoms. The molecule has 0 saturated heterocycles. The second-order valence-electron chi connectivity index (χ2n) is 5.43. The van der Waals surface area contributed by atoms with Crippen molar-refractivity contribution in [2.45, 2.75) is 26.6 Å². The largest absolute Gasteiger partial charge is 0.374 e. The van der Waals surface area contributed by atoms with Crippen LogP contribution >= 0.6 is 0 Å². The smallest absolute Gasteiger partial charge is 0.103 e. The Labute approximate surface area is 115 Å². The Bertz CT molecular complexity index is 446. The van der Waals surface area contributed by atoms with E-state index in [2.05, 4.69) is 38.6 Å². The van der Waals surface area contributed by atoms with Gasteiger partial charge in [-0.05, 0) is 11.1 Å². The lowest BCUT2D eigenvalue weighted by Gasteiger charge is -2.18. The molecule has 1 aliphatic carbocycles. The number of benzene rings is 1. The Hall–Kier alpha value is -1.38. The fraction of sp³-hybridized carbons (Fsp3) is 0.412. The van der Waals surface area contributed by atoms with Crippen molar-refractivity contribution in [3.8, 4) is 0 Å². The highest BCUT2D eigenvalue weighted by Crippen LogP contribution is 2.45. The molecular weight excluding hydrogens is 236 g/mol. The number of allylic oxidation sites excluding steroid dienone is 1. The molecule has 0 aliphatic heterocycles. The van der Waals surface area contributed by atoms with Crippen molar-refractivity contribution in [2.75, 3.05) is 13.2 Å². The fourth-order valence-electron chi connectivity index (χ4n) is 2.13. The van der Waals surface area contributed by atoms with Gasteiger partial charge in [0.25, 0.3) is 0 Å². The van der Waals surface area contributed by atoms with Gasteiger partial charge in [0, 0.05) is 5.41 Å². The molecular formula is C17H22O2. The first-order chi connectivity index (χ1) is 9.13. The van der Waals surface area contributed by atoms with Gasteiger partial charge in [0.1, 0.15) is 6.10 Å². The van der Waals surface area contributed by atoms with Crippen molar-refractivity contribution in [1.82, 2.24) is 0 Å². The van der Waals surface area contributed by atoms with Crippen LogP contribution in [0.5, 0.6) is 0 Å². The molecule has 1 unspecified atom stereocenters. The highest BCUT2D eigenvalue weighted by Gasteiger charge is 2.39. The van der Waals surface area contributed by atoms with Crippen LogP contribution in [-0.2, 0) is 16.1 Å². The summed E-state index contributed by atoms with van der Waals surface area (Å²) >= 11 is 0. The third kappa shape index (κ3) is 4.05. The molecule has 0 N–H and O–H groups in total. The summed E-state index contributed by atoms with van der Waals surface area (Å²) in [4.78, 5) is 0. The van der Waals surface area contributed by atoms with E-state index in [0.717, 1.165) is 0 Å². The number of hydrogen-bond donors (Lipinski definition) is 0. The molecule has 0 amide bonds. The van der Waals surface area contributed by atoms with Crippen molar-refractivity contribution >= 4 is 0 Å². The fourth-order valence-corrected chi connectivity index (χ4v) is 2.13. The van der Waals surface area contributed by atoms with E-state index >= 15 is 0 Å². The Morgan fingerprint density at radius 3 is 2.53 bits per heavy atom. The average molecular weight is 258 g/mol. The molecule has 19 heavy (non-hydrogen) atoms. The molecule has 1 aliphatic rings. The van der Waals surface area contributed by atoms with Gasteiger partial charge < -0.3 is 9.47 Å². The summed E-state index contributed by atoms with van der Waals surface area (Å²) in [7, 11) is 0. The molecule has 102 valence electrons. The third-order valence-electron chi connectivity index (χ3n) is 3.32. The van der Waals surface area contributed by atoms with Crippen LogP contribution in [0.4, 0.5) is 0 Å². The molecule has 2 heteroatoms. The SMILES string of the molecule is C=CCOC(COCc1ccccc1)C1=CC1(C)C. The molecule has 1 aromatic carbocycles. The molecule has 0 fully saturated rings. The molecule has 2 rings (SSSR count). The highest BCUT2D eigenvalue weighted by atomic mass is 16.5. The third-order valence-corrected chi connectivity index (χ3v) is 3.32. The summed E-state index contributed by atoms with van der Waals surface area (Å²) in [5.74, 6) is 0. The van der Waals surface area contributed by atoms with Gasteiger partial charge in [0.2, 0.25) is 0 Å². The zero-order valence-corrected chi connectivity index (χ0v) is 11.8. The summed E-state index contributed by atoms with van der Waals surface area (Å²) in [5, 5.41) is 0. The zero-order valence-electron chi connectivity index (χ0n) is 11.8. The molecule has 0 saturated carbocycles. The summed E-state index contributed by atoms with van der Waals surface area (Å²) in [6.45, 7) is 9.87. The van der Waals surface area contributed by atoms with E-state index < -0.39 is 0 Å². The Balaban J connectivity index is 1.80. The van der Waals surface area contributed by atoms with E-state index in [1.165, 1.54) is 11.1 Å². The van der Waals surface area contributed by atoms with Gasteiger partial charge in [0.15, 0.2) is 0 Å². The first kappa shape index (κ1) is 14.0. The van der Waals surface area contributed by atoms with Crippen LogP contribution in [0.1, 0.15) is 19.4 Å². The van der Waals surface area contributed by atoms with E-state index in [1.54, 1.807) is 6.08 Å². The topological polar surface area (TPSA) is 18.5 Å². The minimum Gasteiger partial charge on any atom is -0.374 e. The Kier molecular flexibility index (Phi) is 4.56. The van der Waals surface area contributed by atoms with Gasteiger partial charge >= 0.3 is 0 Å². The number of hydrogen-bond acceptors (Lipinski definition) is 2. The van der Waals surface area contributed by atoms with E-state index in [1.807, 2.05) is 18.2 Å². The molecule has 0 aromatic heterocycles. The second kappa shape index (κ2) is 6.18. The molecule has 0 bridgehead atoms. The summed E-state index contributed by atoms with van der Waals surface area (Å²) < 4.78 is 11.6. The summed E-state index contributed by atoms with van der Waals surface area (Å²) in [6, 6.07) is 10.2. The Morgan fingerprint density at radius 2 is 1.95 bits per heavy atom. The lowest BCUT2D eigenvalue weighted by Crippen LogP contribution is -2.22. The van der Waals surface area contributed by atoms with Crippen LogP contribution in [0, 0.1) is 5.41 Å². The molecule has 0 heterocycles. The minimum atomic E-state index is 0.0525. The monoisotopic (exact) mass is 258 g/mol. The second-order valence-corrected chi connectivity index (χ2v) is 5.43. The quantitative estimate of drug-likeness (QED) is 0.661. The first-order valence-electron chi connectivity index (χ1n) is 6.71. The van der Waals surface area contributed by atoms with Crippen molar-refractivity contribution in [1.29, 1.82) is 0 Å². The van der Waals surface area contributed by atoms with Crippen molar-refractivity contribution < 1.29 is 9.47 Å². The molecule has 0 radical (unpaired) electrons. The van der Waals surface area contributed by atoms with Crippen LogP contribution in [-0.4, -0.2) is 19.3 Å². The maximum Gasteiger partial charge on any atom is 0.103 e. The lowest BCUT2D eigenvalue weighted by atomic mass is 10.0. The van der Waals surface area contributed by atoms with Gasteiger partial charge in [-0.2, -0.15) is 0 Å². The maximum absolute atomic E-state index is 5.78. The molecule has 1 atom stereocenters. The van der Waals surface area contributed by atoms with Crippen LogP contribution < -0.4 is 0 Å². The van der Waals surface area contributed by atoms with Gasteiger partial charge in [-0.15, -0.1) is 6.58 Å². The first-order valence-corrected chi connectivity index (χ1v) is 6.71. The van der Waals surface area contributed by atoms with Crippen LogP contribution in [0.15, 0.2) is 54.6 Å². The van der Waals surface area contributed by atoms with E-state index in [0.29, 0.717) is 19.8 Å². The summed E-state index contributed by atoms with van der Waals surface area (Å²) in [5.41, 5.74) is 2.72. The average Bonchev–Trinajstić information content (AvgIpc) is 3.04. The Morgan fingerprint density at radius 1 is 1.26 bits per heavy atom. The number of ether oxygens (including phenoxy) is 2. The normalized spacial score (nSPS) is 17.7. The standard InChI is InChI=1S/C17H22O2/c1-4-10-19-16(15-11-17(15,2)3)13-18-12-14-8-6-5-7-9-14/h4-9,11,16H,1,10,12-13H2,2-3H3.